The Bertz CT molecular complexity index is 670. The Morgan fingerprint density at radius 1 is 0.906 bits per heavy atom. The minimum atomic E-state index is -1.52. The first-order valence-electron chi connectivity index (χ1n) is 10.1. The van der Waals surface area contributed by atoms with Crippen LogP contribution in [0.3, 0.4) is 0 Å². The molecule has 5 unspecified atom stereocenters. The molecule has 12 N–H and O–H groups in total. The molecular formula is C18H35N7O7. The van der Waals surface area contributed by atoms with Gasteiger partial charge < -0.3 is 48.5 Å². The Labute approximate surface area is 186 Å². The molecule has 0 saturated heterocycles. The highest BCUT2D eigenvalue weighted by Gasteiger charge is 2.30. The van der Waals surface area contributed by atoms with Gasteiger partial charge in [0.2, 0.25) is 17.7 Å². The minimum absolute atomic E-state index is 0.00717. The molecule has 0 radical (unpaired) electrons. The zero-order valence-electron chi connectivity index (χ0n) is 18.3. The molecule has 0 aromatic carbocycles. The van der Waals surface area contributed by atoms with E-state index in [4.69, 9.17) is 17.2 Å². The van der Waals surface area contributed by atoms with Crippen molar-refractivity contribution in [2.24, 2.45) is 28.1 Å². The van der Waals surface area contributed by atoms with E-state index in [9.17, 15) is 34.5 Å². The summed E-state index contributed by atoms with van der Waals surface area (Å²) in [5.74, 6) is -4.23. The SMILES string of the molecule is CCC(C)C(N)C(=O)NC(CO)C(=O)NC(CO)C(=O)NC(CCCN=C(N)N)C(=O)O. The molecule has 0 fully saturated rings. The number of aliphatic carboxylic acids is 1. The lowest BCUT2D eigenvalue weighted by Gasteiger charge is -2.24. The second-order valence-electron chi connectivity index (χ2n) is 7.25. The molecule has 5 atom stereocenters. The van der Waals surface area contributed by atoms with Crippen LogP contribution in [0.15, 0.2) is 4.99 Å². The standard InChI is InChI=1S/C18H35N7O7/c1-3-9(2)13(19)16(30)25-12(8-27)15(29)24-11(7-26)14(28)23-10(17(31)32)5-4-6-22-18(20)21/h9-13,26-27H,3-8,19H2,1-2H3,(H,23,28)(H,24,29)(H,25,30)(H,31,32)(H4,20,21,22). The molecule has 0 rings (SSSR count). The van der Waals surface area contributed by atoms with Crippen LogP contribution in [0.4, 0.5) is 0 Å². The number of carboxylic acids is 1. The predicted octanol–water partition coefficient (Wildman–Crippen LogP) is -4.06. The quantitative estimate of drug-likeness (QED) is 0.0647. The van der Waals surface area contributed by atoms with Crippen molar-refractivity contribution < 1.29 is 34.5 Å². The summed E-state index contributed by atoms with van der Waals surface area (Å²) in [6.45, 7) is 2.10. The number of nitrogens with zero attached hydrogens (tertiary/aromatic N) is 1. The Morgan fingerprint density at radius 3 is 1.78 bits per heavy atom. The predicted molar refractivity (Wildman–Crippen MR) is 115 cm³/mol. The number of amides is 3. The molecule has 0 heterocycles. The Balaban J connectivity index is 4.99. The molecule has 0 saturated carbocycles. The summed E-state index contributed by atoms with van der Waals surface area (Å²) < 4.78 is 0. The lowest BCUT2D eigenvalue weighted by Crippen LogP contribution is -2.59. The van der Waals surface area contributed by atoms with E-state index in [1.165, 1.54) is 0 Å². The molecule has 0 aliphatic heterocycles. The largest absolute Gasteiger partial charge is 0.480 e. The van der Waals surface area contributed by atoms with Crippen LogP contribution >= 0.6 is 0 Å². The fourth-order valence-electron chi connectivity index (χ4n) is 2.47. The van der Waals surface area contributed by atoms with E-state index in [2.05, 4.69) is 20.9 Å². The van der Waals surface area contributed by atoms with E-state index in [-0.39, 0.29) is 31.3 Å². The zero-order valence-corrected chi connectivity index (χ0v) is 18.3. The van der Waals surface area contributed by atoms with Gasteiger partial charge in [-0.15, -0.1) is 0 Å². The van der Waals surface area contributed by atoms with Crippen molar-refractivity contribution in [3.05, 3.63) is 0 Å². The molecule has 0 aliphatic rings. The molecule has 0 spiro atoms. The summed E-state index contributed by atoms with van der Waals surface area (Å²) in [6, 6.07) is -5.16. The van der Waals surface area contributed by atoms with Crippen LogP contribution in [0.2, 0.25) is 0 Å². The molecule has 0 bridgehead atoms. The Morgan fingerprint density at radius 2 is 1.38 bits per heavy atom. The number of nitrogens with one attached hydrogen (secondary N) is 3. The number of hydrogen-bond acceptors (Lipinski definition) is 8. The van der Waals surface area contributed by atoms with Gasteiger partial charge in [-0.25, -0.2) is 4.79 Å². The topological polar surface area (TPSA) is 255 Å². The van der Waals surface area contributed by atoms with E-state index in [0.717, 1.165) is 0 Å². The Hall–Kier alpha value is -2.97. The fourth-order valence-corrected chi connectivity index (χ4v) is 2.47. The van der Waals surface area contributed by atoms with Crippen molar-refractivity contribution in [3.63, 3.8) is 0 Å². The molecule has 184 valence electrons. The second kappa shape index (κ2) is 14.9. The maximum absolute atomic E-state index is 12.4. The Kier molecular flexibility index (Phi) is 13.5. The monoisotopic (exact) mass is 461 g/mol. The number of hydrogen-bond donors (Lipinski definition) is 9. The summed E-state index contributed by atoms with van der Waals surface area (Å²) >= 11 is 0. The molecule has 0 aliphatic carbocycles. The lowest BCUT2D eigenvalue weighted by atomic mass is 9.99. The number of aliphatic imine (C=N–C) groups is 1. The maximum Gasteiger partial charge on any atom is 0.326 e. The van der Waals surface area contributed by atoms with E-state index in [0.29, 0.717) is 6.42 Å². The number of carboxylic acid groups (broad SMARTS) is 1. The van der Waals surface area contributed by atoms with Crippen LogP contribution in [0.5, 0.6) is 0 Å². The van der Waals surface area contributed by atoms with Crippen LogP contribution in [0.1, 0.15) is 33.1 Å². The highest BCUT2D eigenvalue weighted by Crippen LogP contribution is 2.05. The highest BCUT2D eigenvalue weighted by atomic mass is 16.4. The van der Waals surface area contributed by atoms with Crippen LogP contribution in [0.25, 0.3) is 0 Å². The van der Waals surface area contributed by atoms with Gasteiger partial charge in [0.1, 0.15) is 18.1 Å². The normalized spacial score (nSPS) is 15.4. The number of rotatable bonds is 15. The lowest BCUT2D eigenvalue weighted by molar-refractivity contribution is -0.142. The smallest absolute Gasteiger partial charge is 0.326 e. The van der Waals surface area contributed by atoms with E-state index in [1.54, 1.807) is 6.92 Å². The molecule has 0 aromatic rings. The third-order valence-corrected chi connectivity index (χ3v) is 4.75. The van der Waals surface area contributed by atoms with Crippen molar-refractivity contribution in [2.45, 2.75) is 57.3 Å². The van der Waals surface area contributed by atoms with Gasteiger partial charge in [-0.3, -0.25) is 19.4 Å². The summed E-state index contributed by atoms with van der Waals surface area (Å²) in [5.41, 5.74) is 16.2. The van der Waals surface area contributed by atoms with Crippen molar-refractivity contribution >= 4 is 29.7 Å². The first-order valence-corrected chi connectivity index (χ1v) is 10.1. The number of carbonyl (C=O) groups excluding carboxylic acids is 3. The van der Waals surface area contributed by atoms with E-state index < -0.39 is 61.1 Å². The van der Waals surface area contributed by atoms with Crippen LogP contribution in [-0.2, 0) is 19.2 Å². The van der Waals surface area contributed by atoms with Gasteiger partial charge in [0, 0.05) is 6.54 Å². The molecular weight excluding hydrogens is 426 g/mol. The molecule has 14 nitrogen and oxygen atoms in total. The zero-order chi connectivity index (χ0) is 24.8. The fraction of sp³-hybridized carbons (Fsp3) is 0.722. The second-order valence-corrected chi connectivity index (χ2v) is 7.25. The molecule has 32 heavy (non-hydrogen) atoms. The van der Waals surface area contributed by atoms with Crippen LogP contribution < -0.4 is 33.2 Å². The number of guanidine groups is 1. The van der Waals surface area contributed by atoms with Crippen LogP contribution in [0, 0.1) is 5.92 Å². The number of aliphatic hydroxyl groups is 2. The number of carbonyl (C=O) groups is 4. The first kappa shape index (κ1) is 29.0. The maximum atomic E-state index is 12.4. The van der Waals surface area contributed by atoms with E-state index >= 15 is 0 Å². The van der Waals surface area contributed by atoms with Gasteiger partial charge in [-0.05, 0) is 18.8 Å². The minimum Gasteiger partial charge on any atom is -0.480 e. The van der Waals surface area contributed by atoms with Crippen molar-refractivity contribution in [2.75, 3.05) is 19.8 Å². The molecule has 0 aromatic heterocycles. The summed E-state index contributed by atoms with van der Waals surface area (Å²) in [7, 11) is 0. The van der Waals surface area contributed by atoms with Gasteiger partial charge >= 0.3 is 5.97 Å². The highest BCUT2D eigenvalue weighted by molar-refractivity contribution is 5.94. The van der Waals surface area contributed by atoms with Crippen molar-refractivity contribution in [1.29, 1.82) is 0 Å². The summed E-state index contributed by atoms with van der Waals surface area (Å²) in [4.78, 5) is 51.9. The van der Waals surface area contributed by atoms with Gasteiger partial charge in [-0.1, -0.05) is 20.3 Å². The number of aliphatic hydroxyl groups excluding tert-OH is 2. The third kappa shape index (κ3) is 10.4. The van der Waals surface area contributed by atoms with Gasteiger partial charge in [-0.2, -0.15) is 0 Å². The number of nitrogens with two attached hydrogens (primary N) is 3. The third-order valence-electron chi connectivity index (χ3n) is 4.75. The molecule has 14 heteroatoms. The van der Waals surface area contributed by atoms with Crippen molar-refractivity contribution in [1.82, 2.24) is 16.0 Å². The van der Waals surface area contributed by atoms with Gasteiger partial charge in [0.15, 0.2) is 5.96 Å². The average molecular weight is 462 g/mol. The van der Waals surface area contributed by atoms with Crippen molar-refractivity contribution in [3.8, 4) is 0 Å². The van der Waals surface area contributed by atoms with Crippen LogP contribution in [-0.4, -0.2) is 88.9 Å². The summed E-state index contributed by atoms with van der Waals surface area (Å²) in [5, 5.41) is 34.8. The van der Waals surface area contributed by atoms with Gasteiger partial charge in [0.05, 0.1) is 19.3 Å². The first-order chi connectivity index (χ1) is 15.0. The van der Waals surface area contributed by atoms with E-state index in [1.807, 2.05) is 6.92 Å². The average Bonchev–Trinajstić information content (AvgIpc) is 2.75. The van der Waals surface area contributed by atoms with Gasteiger partial charge in [0.25, 0.3) is 0 Å². The molecule has 3 amide bonds. The summed E-state index contributed by atoms with van der Waals surface area (Å²) in [6.07, 6.45) is 0.862.